The zero-order valence-corrected chi connectivity index (χ0v) is 6.96. The first-order valence-electron chi connectivity index (χ1n) is 3.29. The highest BCUT2D eigenvalue weighted by Gasteiger charge is 1.75. The summed E-state index contributed by atoms with van der Waals surface area (Å²) < 4.78 is 0. The van der Waals surface area contributed by atoms with Crippen LogP contribution < -0.4 is 0 Å². The van der Waals surface area contributed by atoms with Crippen LogP contribution in [0.25, 0.3) is 0 Å². The lowest BCUT2D eigenvalue weighted by atomic mass is 10.2. The molecule has 0 heterocycles. The van der Waals surface area contributed by atoms with Crippen LogP contribution >= 0.6 is 11.6 Å². The van der Waals surface area contributed by atoms with Gasteiger partial charge in [0.25, 0.3) is 0 Å². The molecule has 0 rings (SSSR count). The van der Waals surface area contributed by atoms with Gasteiger partial charge in [0.1, 0.15) is 0 Å². The van der Waals surface area contributed by atoms with E-state index >= 15 is 0 Å². The van der Waals surface area contributed by atoms with Gasteiger partial charge in [-0.2, -0.15) is 0 Å². The number of unbranched alkanes of at least 4 members (excludes halogenated alkanes) is 3. The zero-order chi connectivity index (χ0) is 6.83. The predicted molar refractivity (Wildman–Crippen MR) is 41.6 cm³/mol. The maximum atomic E-state index is 4.64. The fourth-order valence-electron chi connectivity index (χ4n) is 0.500. The van der Waals surface area contributed by atoms with Crippen LogP contribution in [-0.4, -0.2) is 6.38 Å². The average molecular weight is 137 g/mol. The number of hydrogen-bond donors (Lipinski definition) is 0. The fourth-order valence-corrected chi connectivity index (χ4v) is 0.500. The van der Waals surface area contributed by atoms with E-state index in [0.717, 1.165) is 0 Å². The summed E-state index contributed by atoms with van der Waals surface area (Å²) in [5, 5.41) is 0. The molecule has 0 aromatic carbocycles. The van der Waals surface area contributed by atoms with Gasteiger partial charge in [0.05, 0.1) is 0 Å². The van der Waals surface area contributed by atoms with Gasteiger partial charge in [-0.15, -0.1) is 11.6 Å². The van der Waals surface area contributed by atoms with Crippen molar-refractivity contribution in [2.45, 2.75) is 39.5 Å². The molecule has 0 N–H and O–H groups in total. The van der Waals surface area contributed by atoms with Gasteiger partial charge in [0.2, 0.25) is 0 Å². The van der Waals surface area contributed by atoms with Crippen molar-refractivity contribution < 1.29 is 0 Å². The van der Waals surface area contributed by atoms with E-state index in [2.05, 4.69) is 25.4 Å². The molecule has 0 spiro atoms. The van der Waals surface area contributed by atoms with Crippen LogP contribution in [-0.2, 0) is 0 Å². The number of hydrogen-bond acceptors (Lipinski definition) is 0. The second kappa shape index (κ2) is 15.7. The summed E-state index contributed by atoms with van der Waals surface area (Å²) in [4.78, 5) is 0. The molecule has 0 radical (unpaired) electrons. The molecule has 0 aliphatic rings. The lowest BCUT2D eigenvalue weighted by molar-refractivity contribution is 0.702. The molecule has 0 aromatic heterocycles. The average Bonchev–Trinajstić information content (AvgIpc) is 1.88. The normalized spacial score (nSPS) is 7.50. The summed E-state index contributed by atoms with van der Waals surface area (Å²) in [5.41, 5.74) is 0. The minimum atomic E-state index is 1.36. The third-order valence-electron chi connectivity index (χ3n) is 0.957. The second-order valence-electron chi connectivity index (χ2n) is 1.71. The van der Waals surface area contributed by atoms with E-state index in [0.29, 0.717) is 0 Å². The Morgan fingerprint density at radius 3 is 1.25 bits per heavy atom. The summed E-state index contributed by atoms with van der Waals surface area (Å²) in [7, 11) is 0. The van der Waals surface area contributed by atoms with Crippen molar-refractivity contribution in [1.29, 1.82) is 0 Å². The van der Waals surface area contributed by atoms with Crippen molar-refractivity contribution in [3.8, 4) is 0 Å². The summed E-state index contributed by atoms with van der Waals surface area (Å²) >= 11 is 4.64. The minimum absolute atomic E-state index is 1.36. The molecule has 52 valence electrons. The largest absolute Gasteiger partial charge is 0.130 e. The SMILES string of the molecule is CCCCCC.CCl. The van der Waals surface area contributed by atoms with Crippen LogP contribution in [0.15, 0.2) is 0 Å². The second-order valence-corrected chi connectivity index (χ2v) is 1.71. The molecule has 0 saturated carbocycles. The molecular formula is C7H17Cl. The summed E-state index contributed by atoms with van der Waals surface area (Å²) in [6, 6.07) is 0. The van der Waals surface area contributed by atoms with Crippen molar-refractivity contribution in [1.82, 2.24) is 0 Å². The van der Waals surface area contributed by atoms with Crippen LogP contribution in [0.1, 0.15) is 39.5 Å². The topological polar surface area (TPSA) is 0 Å². The molecule has 0 nitrogen and oxygen atoms in total. The Balaban J connectivity index is 0. The Labute approximate surface area is 58.2 Å². The molecule has 0 bridgehead atoms. The van der Waals surface area contributed by atoms with E-state index in [9.17, 15) is 0 Å². The van der Waals surface area contributed by atoms with Gasteiger partial charge in [-0.1, -0.05) is 39.5 Å². The maximum Gasteiger partial charge on any atom is 0.0108 e. The van der Waals surface area contributed by atoms with E-state index in [4.69, 9.17) is 0 Å². The highest BCUT2D eigenvalue weighted by Crippen LogP contribution is 1.95. The minimum Gasteiger partial charge on any atom is -0.130 e. The molecule has 0 fully saturated rings. The summed E-state index contributed by atoms with van der Waals surface area (Å²) in [6.07, 6.45) is 7.01. The fraction of sp³-hybridized carbons (Fsp3) is 1.00. The third-order valence-corrected chi connectivity index (χ3v) is 0.957. The lowest BCUT2D eigenvalue weighted by Gasteiger charge is -1.86. The third kappa shape index (κ3) is 16.3. The Morgan fingerprint density at radius 2 is 1.12 bits per heavy atom. The molecular weight excluding hydrogens is 120 g/mol. The van der Waals surface area contributed by atoms with Gasteiger partial charge >= 0.3 is 0 Å². The van der Waals surface area contributed by atoms with Crippen molar-refractivity contribution in [2.24, 2.45) is 0 Å². The van der Waals surface area contributed by atoms with Crippen LogP contribution in [0.4, 0.5) is 0 Å². The molecule has 0 unspecified atom stereocenters. The van der Waals surface area contributed by atoms with Crippen molar-refractivity contribution >= 4 is 11.6 Å². The van der Waals surface area contributed by atoms with Crippen LogP contribution in [0.2, 0.25) is 0 Å². The Bertz CT molecular complexity index is 16.3. The van der Waals surface area contributed by atoms with Crippen molar-refractivity contribution in [3.05, 3.63) is 0 Å². The maximum absolute atomic E-state index is 4.64. The van der Waals surface area contributed by atoms with E-state index < -0.39 is 0 Å². The molecule has 0 amide bonds. The molecule has 0 atom stereocenters. The van der Waals surface area contributed by atoms with E-state index in [-0.39, 0.29) is 0 Å². The van der Waals surface area contributed by atoms with E-state index in [1.165, 1.54) is 32.1 Å². The Morgan fingerprint density at radius 1 is 0.875 bits per heavy atom. The van der Waals surface area contributed by atoms with Gasteiger partial charge < -0.3 is 0 Å². The molecule has 0 aliphatic heterocycles. The number of rotatable bonds is 3. The first-order valence-corrected chi connectivity index (χ1v) is 4.05. The monoisotopic (exact) mass is 136 g/mol. The smallest absolute Gasteiger partial charge is 0.0108 e. The Hall–Kier alpha value is 0.290. The van der Waals surface area contributed by atoms with Crippen LogP contribution in [0.5, 0.6) is 0 Å². The van der Waals surface area contributed by atoms with Gasteiger partial charge in [-0.05, 0) is 0 Å². The number of alkyl halides is 1. The molecule has 0 aromatic rings. The zero-order valence-electron chi connectivity index (χ0n) is 6.21. The van der Waals surface area contributed by atoms with Gasteiger partial charge in [-0.25, -0.2) is 0 Å². The quantitative estimate of drug-likeness (QED) is 0.412. The van der Waals surface area contributed by atoms with Crippen LogP contribution in [0, 0.1) is 0 Å². The van der Waals surface area contributed by atoms with Crippen LogP contribution in [0.3, 0.4) is 0 Å². The summed E-state index contributed by atoms with van der Waals surface area (Å²) in [6.45, 7) is 4.46. The molecule has 1 heteroatoms. The number of halogens is 1. The van der Waals surface area contributed by atoms with Gasteiger partial charge in [0, 0.05) is 6.38 Å². The van der Waals surface area contributed by atoms with Gasteiger partial charge in [0.15, 0.2) is 0 Å². The highest BCUT2D eigenvalue weighted by atomic mass is 35.5. The van der Waals surface area contributed by atoms with E-state index in [1.54, 1.807) is 0 Å². The first kappa shape index (κ1) is 11.1. The standard InChI is InChI=1S/C6H14.CH3Cl/c1-3-5-6-4-2;1-2/h3-6H2,1-2H3;1H3. The highest BCUT2D eigenvalue weighted by molar-refractivity contribution is 6.15. The molecule has 0 aliphatic carbocycles. The lowest BCUT2D eigenvalue weighted by Crippen LogP contribution is -1.66. The molecule has 8 heavy (non-hydrogen) atoms. The van der Waals surface area contributed by atoms with E-state index in [1.807, 2.05) is 0 Å². The molecule has 0 saturated heterocycles. The van der Waals surface area contributed by atoms with Crippen molar-refractivity contribution in [2.75, 3.05) is 6.38 Å². The first-order chi connectivity index (χ1) is 3.91. The van der Waals surface area contributed by atoms with Crippen molar-refractivity contribution in [3.63, 3.8) is 0 Å². The summed E-state index contributed by atoms with van der Waals surface area (Å²) in [5.74, 6) is 0. The Kier molecular flexibility index (Phi) is 21.8. The van der Waals surface area contributed by atoms with Gasteiger partial charge in [-0.3, -0.25) is 0 Å². The predicted octanol–water partition coefficient (Wildman–Crippen LogP) is 3.44.